The van der Waals surface area contributed by atoms with Gasteiger partial charge in [0.1, 0.15) is 5.75 Å². The summed E-state index contributed by atoms with van der Waals surface area (Å²) in [6.07, 6.45) is 0.0607. The number of carbonyl (C=O) groups is 1. The minimum absolute atomic E-state index is 0.0271. The molecular weight excluding hydrogens is 390 g/mol. The van der Waals surface area contributed by atoms with Gasteiger partial charge in [-0.2, -0.15) is 0 Å². The first kappa shape index (κ1) is 22.9. The predicted molar refractivity (Wildman–Crippen MR) is 113 cm³/mol. The molecule has 0 saturated heterocycles. The average Bonchev–Trinajstić information content (AvgIpc) is 2.69. The van der Waals surface area contributed by atoms with Crippen molar-refractivity contribution >= 4 is 15.9 Å². The molecule has 29 heavy (non-hydrogen) atoms. The summed E-state index contributed by atoms with van der Waals surface area (Å²) in [6, 6.07) is 16.1. The van der Waals surface area contributed by atoms with Crippen LogP contribution in [0.5, 0.6) is 5.75 Å². The van der Waals surface area contributed by atoms with E-state index in [2.05, 4.69) is 10.0 Å². The number of rotatable bonds is 11. The summed E-state index contributed by atoms with van der Waals surface area (Å²) < 4.78 is 32.4. The van der Waals surface area contributed by atoms with E-state index in [-0.39, 0.29) is 29.8 Å². The van der Waals surface area contributed by atoms with Crippen molar-refractivity contribution in [3.05, 3.63) is 60.2 Å². The minimum Gasteiger partial charge on any atom is -0.494 e. The van der Waals surface area contributed by atoms with Gasteiger partial charge in [0.2, 0.25) is 15.9 Å². The standard InChI is InChI=1S/C21H29N3O4S/c1-4-28-18-10-12-19(13-11-18)29(26,27)23-15-14-21(25)22-16-20(24(2)3)17-8-6-5-7-9-17/h5-13,20,23H,4,14-16H2,1-3H3,(H,22,25). The van der Waals surface area contributed by atoms with E-state index in [1.165, 1.54) is 12.1 Å². The number of sulfonamides is 1. The molecule has 0 spiro atoms. The maximum Gasteiger partial charge on any atom is 0.240 e. The molecule has 1 unspecified atom stereocenters. The number of nitrogens with one attached hydrogen (secondary N) is 2. The number of likely N-dealkylation sites (N-methyl/N-ethyl adjacent to an activating group) is 1. The summed E-state index contributed by atoms with van der Waals surface area (Å²) in [7, 11) is 0.237. The van der Waals surface area contributed by atoms with Gasteiger partial charge in [0.05, 0.1) is 17.5 Å². The third-order valence-electron chi connectivity index (χ3n) is 4.39. The summed E-state index contributed by atoms with van der Waals surface area (Å²) in [5, 5.41) is 2.88. The summed E-state index contributed by atoms with van der Waals surface area (Å²) in [5.74, 6) is 0.405. The second kappa shape index (κ2) is 10.9. The summed E-state index contributed by atoms with van der Waals surface area (Å²) >= 11 is 0. The van der Waals surface area contributed by atoms with Crippen molar-refractivity contribution in [2.45, 2.75) is 24.3 Å². The molecule has 0 aliphatic carbocycles. The molecule has 0 aliphatic heterocycles. The van der Waals surface area contributed by atoms with Crippen molar-refractivity contribution in [1.29, 1.82) is 0 Å². The zero-order chi connectivity index (χ0) is 21.3. The van der Waals surface area contributed by atoms with Crippen LogP contribution in [0.25, 0.3) is 0 Å². The Morgan fingerprint density at radius 3 is 2.31 bits per heavy atom. The van der Waals surface area contributed by atoms with Crippen LogP contribution in [0.15, 0.2) is 59.5 Å². The molecule has 0 saturated carbocycles. The van der Waals surface area contributed by atoms with Crippen molar-refractivity contribution < 1.29 is 17.9 Å². The van der Waals surface area contributed by atoms with Gasteiger partial charge in [-0.3, -0.25) is 4.79 Å². The lowest BCUT2D eigenvalue weighted by Gasteiger charge is -2.25. The summed E-state index contributed by atoms with van der Waals surface area (Å²) in [4.78, 5) is 14.3. The fourth-order valence-electron chi connectivity index (χ4n) is 2.84. The number of hydrogen-bond donors (Lipinski definition) is 2. The Hall–Kier alpha value is -2.42. The highest BCUT2D eigenvalue weighted by Crippen LogP contribution is 2.17. The van der Waals surface area contributed by atoms with E-state index < -0.39 is 10.0 Å². The van der Waals surface area contributed by atoms with Gasteiger partial charge in [0, 0.05) is 19.5 Å². The van der Waals surface area contributed by atoms with Crippen LogP contribution in [0, 0.1) is 0 Å². The Bertz CT molecular complexity index is 869. The zero-order valence-electron chi connectivity index (χ0n) is 17.1. The molecule has 0 aromatic heterocycles. The van der Waals surface area contributed by atoms with Crippen molar-refractivity contribution in [1.82, 2.24) is 14.9 Å². The topological polar surface area (TPSA) is 87.7 Å². The molecule has 0 fully saturated rings. The first-order chi connectivity index (χ1) is 13.8. The van der Waals surface area contributed by atoms with E-state index in [0.29, 0.717) is 18.9 Å². The number of amides is 1. The lowest BCUT2D eigenvalue weighted by atomic mass is 10.1. The van der Waals surface area contributed by atoms with Crippen LogP contribution in [-0.4, -0.2) is 53.0 Å². The van der Waals surface area contributed by atoms with Crippen LogP contribution in [0.3, 0.4) is 0 Å². The smallest absolute Gasteiger partial charge is 0.240 e. The van der Waals surface area contributed by atoms with Gasteiger partial charge in [-0.05, 0) is 50.8 Å². The molecule has 0 heterocycles. The largest absolute Gasteiger partial charge is 0.494 e. The Balaban J connectivity index is 1.82. The highest BCUT2D eigenvalue weighted by atomic mass is 32.2. The van der Waals surface area contributed by atoms with Crippen LogP contribution in [-0.2, 0) is 14.8 Å². The average molecular weight is 420 g/mol. The van der Waals surface area contributed by atoms with E-state index in [0.717, 1.165) is 5.56 Å². The third kappa shape index (κ3) is 7.16. The number of benzene rings is 2. The van der Waals surface area contributed by atoms with E-state index in [4.69, 9.17) is 4.74 Å². The van der Waals surface area contributed by atoms with Gasteiger partial charge in [-0.25, -0.2) is 13.1 Å². The second-order valence-corrected chi connectivity index (χ2v) is 8.51. The maximum absolute atomic E-state index is 12.3. The molecule has 8 heteroatoms. The van der Waals surface area contributed by atoms with Gasteiger partial charge in [0.25, 0.3) is 0 Å². The highest BCUT2D eigenvalue weighted by molar-refractivity contribution is 7.89. The fraction of sp³-hybridized carbons (Fsp3) is 0.381. The van der Waals surface area contributed by atoms with E-state index in [1.54, 1.807) is 12.1 Å². The van der Waals surface area contributed by atoms with Crippen LogP contribution >= 0.6 is 0 Å². The normalized spacial score (nSPS) is 12.6. The van der Waals surface area contributed by atoms with Gasteiger partial charge >= 0.3 is 0 Å². The third-order valence-corrected chi connectivity index (χ3v) is 5.87. The molecule has 1 atom stereocenters. The second-order valence-electron chi connectivity index (χ2n) is 6.75. The molecule has 2 rings (SSSR count). The molecule has 0 bridgehead atoms. The first-order valence-electron chi connectivity index (χ1n) is 9.54. The molecule has 2 aromatic rings. The van der Waals surface area contributed by atoms with Crippen molar-refractivity contribution in [3.8, 4) is 5.75 Å². The van der Waals surface area contributed by atoms with Crippen LogP contribution < -0.4 is 14.8 Å². The molecular formula is C21H29N3O4S. The minimum atomic E-state index is -3.67. The Morgan fingerprint density at radius 2 is 1.72 bits per heavy atom. The van der Waals surface area contributed by atoms with Gasteiger partial charge in [-0.15, -0.1) is 0 Å². The van der Waals surface area contributed by atoms with Crippen LogP contribution in [0.2, 0.25) is 0 Å². The molecule has 0 aliphatic rings. The fourth-order valence-corrected chi connectivity index (χ4v) is 3.87. The predicted octanol–water partition coefficient (Wildman–Crippen LogP) is 2.17. The number of nitrogens with zero attached hydrogens (tertiary/aromatic N) is 1. The van der Waals surface area contributed by atoms with Crippen LogP contribution in [0.4, 0.5) is 0 Å². The summed E-state index contributed by atoms with van der Waals surface area (Å²) in [6.45, 7) is 2.84. The van der Waals surface area contributed by atoms with Crippen LogP contribution in [0.1, 0.15) is 24.9 Å². The van der Waals surface area contributed by atoms with Gasteiger partial charge < -0.3 is 15.0 Å². The molecule has 2 N–H and O–H groups in total. The lowest BCUT2D eigenvalue weighted by molar-refractivity contribution is -0.121. The lowest BCUT2D eigenvalue weighted by Crippen LogP contribution is -2.36. The highest BCUT2D eigenvalue weighted by Gasteiger charge is 2.17. The van der Waals surface area contributed by atoms with E-state index >= 15 is 0 Å². The number of hydrogen-bond acceptors (Lipinski definition) is 5. The van der Waals surface area contributed by atoms with Crippen molar-refractivity contribution in [2.75, 3.05) is 33.8 Å². The Kier molecular flexibility index (Phi) is 8.63. The van der Waals surface area contributed by atoms with Crippen molar-refractivity contribution in [3.63, 3.8) is 0 Å². The molecule has 158 valence electrons. The molecule has 0 radical (unpaired) electrons. The quantitative estimate of drug-likeness (QED) is 0.583. The Labute approximate surface area is 173 Å². The zero-order valence-corrected chi connectivity index (χ0v) is 17.9. The summed E-state index contributed by atoms with van der Waals surface area (Å²) in [5.41, 5.74) is 1.11. The first-order valence-corrected chi connectivity index (χ1v) is 11.0. The Morgan fingerprint density at radius 1 is 1.07 bits per heavy atom. The number of ether oxygens (including phenoxy) is 1. The van der Waals surface area contributed by atoms with E-state index in [9.17, 15) is 13.2 Å². The SMILES string of the molecule is CCOc1ccc(S(=O)(=O)NCCC(=O)NCC(c2ccccc2)N(C)C)cc1. The monoisotopic (exact) mass is 419 g/mol. The van der Waals surface area contributed by atoms with Gasteiger partial charge in [-0.1, -0.05) is 30.3 Å². The molecule has 7 nitrogen and oxygen atoms in total. The van der Waals surface area contributed by atoms with Gasteiger partial charge in [0.15, 0.2) is 0 Å². The molecule has 1 amide bonds. The van der Waals surface area contributed by atoms with E-state index in [1.807, 2.05) is 56.3 Å². The number of carbonyl (C=O) groups excluding carboxylic acids is 1. The molecule has 2 aromatic carbocycles. The maximum atomic E-state index is 12.3. The van der Waals surface area contributed by atoms with Crippen molar-refractivity contribution in [2.24, 2.45) is 0 Å².